The maximum atomic E-state index is 13.6. The molecule has 2 aliphatic heterocycles. The molecule has 0 spiro atoms. The van der Waals surface area contributed by atoms with E-state index in [4.69, 9.17) is 5.10 Å². The van der Waals surface area contributed by atoms with Gasteiger partial charge in [-0.25, -0.2) is 4.68 Å². The van der Waals surface area contributed by atoms with Gasteiger partial charge in [0.1, 0.15) is 12.4 Å². The van der Waals surface area contributed by atoms with E-state index in [1.807, 2.05) is 21.7 Å². The number of thiophene rings is 1. The first-order valence-electron chi connectivity index (χ1n) is 12.2. The molecule has 2 aromatic heterocycles. The Hall–Kier alpha value is -2.58. The fourth-order valence-electron chi connectivity index (χ4n) is 4.81. The fourth-order valence-corrected chi connectivity index (χ4v) is 6.98. The maximum absolute atomic E-state index is 13.6. The number of aromatic nitrogens is 2. The Balaban J connectivity index is 1.73. The first-order valence-corrected chi connectivity index (χ1v) is 14.1. The quantitative estimate of drug-likeness (QED) is 0.478. The van der Waals surface area contributed by atoms with E-state index in [9.17, 15) is 9.59 Å². The minimum absolute atomic E-state index is 0.00957. The second-order valence-electron chi connectivity index (χ2n) is 10.4. The minimum atomic E-state index is -0.242. The molecular formula is C27H32N4O2S2. The molecule has 1 unspecified atom stereocenters. The lowest BCUT2D eigenvalue weighted by Gasteiger charge is -2.26. The van der Waals surface area contributed by atoms with Crippen molar-refractivity contribution < 1.29 is 9.59 Å². The van der Waals surface area contributed by atoms with Crippen LogP contribution >= 0.6 is 23.1 Å². The fraction of sp³-hybridized carbons (Fsp3) is 0.444. The first-order chi connectivity index (χ1) is 16.7. The van der Waals surface area contributed by atoms with Crippen molar-refractivity contribution in [1.29, 1.82) is 0 Å². The zero-order chi connectivity index (χ0) is 24.7. The number of fused-ring (bicyclic) bond motifs is 1. The molecule has 0 saturated carbocycles. The molecular weight excluding hydrogens is 476 g/mol. The van der Waals surface area contributed by atoms with Gasteiger partial charge in [-0.05, 0) is 43.3 Å². The average Bonchev–Trinajstić information content (AvgIpc) is 3.57. The van der Waals surface area contributed by atoms with Gasteiger partial charge in [0.15, 0.2) is 0 Å². The number of aryl methyl sites for hydroxylation is 1. The van der Waals surface area contributed by atoms with Crippen LogP contribution in [0.4, 0.5) is 5.82 Å². The molecule has 6 nitrogen and oxygen atoms in total. The van der Waals surface area contributed by atoms with Crippen LogP contribution in [0.2, 0.25) is 0 Å². The standard InChI is InChI=1S/C27H32N4O2S2/c1-18-9-11-19(12-10-18)31-26-23(25(28-31)27(2,3)4)24(20-8-7-15-34-20)35-17-22(33)30(26)16-21(32)29-13-5-6-14-29/h7-12,15,24H,5-6,13-14,16-17H2,1-4H3. The Bertz CT molecular complexity index is 1220. The highest BCUT2D eigenvalue weighted by Gasteiger charge is 2.40. The summed E-state index contributed by atoms with van der Waals surface area (Å²) in [7, 11) is 0. The SMILES string of the molecule is Cc1ccc(-n2nc(C(C)(C)C)c3c2N(CC(=O)N2CCCC2)C(=O)CSC3c2cccs2)cc1. The van der Waals surface area contributed by atoms with Gasteiger partial charge >= 0.3 is 0 Å². The van der Waals surface area contributed by atoms with Crippen LogP contribution in [-0.4, -0.2) is 51.9 Å². The molecule has 35 heavy (non-hydrogen) atoms. The highest BCUT2D eigenvalue weighted by atomic mass is 32.2. The van der Waals surface area contributed by atoms with Crippen molar-refractivity contribution in [2.45, 2.75) is 51.2 Å². The molecule has 1 aromatic carbocycles. The summed E-state index contributed by atoms with van der Waals surface area (Å²) >= 11 is 3.34. The molecule has 184 valence electrons. The average molecular weight is 509 g/mol. The third kappa shape index (κ3) is 4.66. The minimum Gasteiger partial charge on any atom is -0.341 e. The van der Waals surface area contributed by atoms with Crippen molar-refractivity contribution in [2.24, 2.45) is 0 Å². The van der Waals surface area contributed by atoms with Crippen molar-refractivity contribution in [2.75, 3.05) is 30.3 Å². The second-order valence-corrected chi connectivity index (χ2v) is 12.4. The third-order valence-electron chi connectivity index (χ3n) is 6.63. The van der Waals surface area contributed by atoms with Gasteiger partial charge in [-0.3, -0.25) is 14.5 Å². The lowest BCUT2D eigenvalue weighted by atomic mass is 9.88. The van der Waals surface area contributed by atoms with Crippen LogP contribution in [0.25, 0.3) is 5.69 Å². The zero-order valence-electron chi connectivity index (χ0n) is 20.8. The number of amides is 2. The van der Waals surface area contributed by atoms with E-state index in [1.54, 1.807) is 28.0 Å². The number of carbonyl (C=O) groups excluding carboxylic acids is 2. The number of likely N-dealkylation sites (tertiary alicyclic amines) is 1. The van der Waals surface area contributed by atoms with Gasteiger partial charge in [0, 0.05) is 28.9 Å². The molecule has 0 bridgehead atoms. The van der Waals surface area contributed by atoms with Crippen molar-refractivity contribution in [3.8, 4) is 5.69 Å². The van der Waals surface area contributed by atoms with Gasteiger partial charge in [-0.15, -0.1) is 23.1 Å². The lowest BCUT2D eigenvalue weighted by molar-refractivity contribution is -0.130. The smallest absolute Gasteiger partial charge is 0.242 e. The number of anilines is 1. The number of hydrogen-bond acceptors (Lipinski definition) is 5. The predicted molar refractivity (Wildman–Crippen MR) is 144 cm³/mol. The van der Waals surface area contributed by atoms with Gasteiger partial charge in [-0.2, -0.15) is 5.10 Å². The number of nitrogens with zero attached hydrogens (tertiary/aromatic N) is 4. The number of hydrogen-bond donors (Lipinski definition) is 0. The van der Waals surface area contributed by atoms with Gasteiger partial charge in [0.05, 0.1) is 22.4 Å². The van der Waals surface area contributed by atoms with Crippen LogP contribution in [0.15, 0.2) is 41.8 Å². The van der Waals surface area contributed by atoms with Gasteiger partial charge in [-0.1, -0.05) is 44.5 Å². The second kappa shape index (κ2) is 9.47. The van der Waals surface area contributed by atoms with Gasteiger partial charge in [0.2, 0.25) is 11.8 Å². The molecule has 3 aromatic rings. The number of thioether (sulfide) groups is 1. The Morgan fingerprint density at radius 3 is 2.46 bits per heavy atom. The topological polar surface area (TPSA) is 58.4 Å². The van der Waals surface area contributed by atoms with Crippen LogP contribution in [0.1, 0.15) is 60.6 Å². The summed E-state index contributed by atoms with van der Waals surface area (Å²) in [6.45, 7) is 10.1. The van der Waals surface area contributed by atoms with Crippen LogP contribution < -0.4 is 4.90 Å². The van der Waals surface area contributed by atoms with Gasteiger partial charge in [0.25, 0.3) is 0 Å². The van der Waals surface area contributed by atoms with E-state index in [-0.39, 0.29) is 29.0 Å². The van der Waals surface area contributed by atoms with E-state index in [2.05, 4.69) is 57.3 Å². The highest BCUT2D eigenvalue weighted by Crippen LogP contribution is 2.49. The summed E-state index contributed by atoms with van der Waals surface area (Å²) in [5.74, 6) is 1.02. The molecule has 2 amide bonds. The summed E-state index contributed by atoms with van der Waals surface area (Å²) in [5, 5.41) is 7.21. The zero-order valence-corrected chi connectivity index (χ0v) is 22.4. The summed E-state index contributed by atoms with van der Waals surface area (Å²) < 4.78 is 1.90. The monoisotopic (exact) mass is 508 g/mol. The molecule has 5 rings (SSSR count). The van der Waals surface area contributed by atoms with Crippen LogP contribution in [0.3, 0.4) is 0 Å². The Labute approximate surface area is 215 Å². The summed E-state index contributed by atoms with van der Waals surface area (Å²) in [4.78, 5) is 31.7. The molecule has 1 fully saturated rings. The summed E-state index contributed by atoms with van der Waals surface area (Å²) in [6.07, 6.45) is 2.05. The Morgan fingerprint density at radius 1 is 1.11 bits per heavy atom. The van der Waals surface area contributed by atoms with Crippen molar-refractivity contribution in [3.05, 3.63) is 63.5 Å². The highest BCUT2D eigenvalue weighted by molar-refractivity contribution is 8.00. The van der Waals surface area contributed by atoms with E-state index in [0.717, 1.165) is 54.3 Å². The third-order valence-corrected chi connectivity index (χ3v) is 8.95. The molecule has 1 saturated heterocycles. The van der Waals surface area contributed by atoms with E-state index in [0.29, 0.717) is 5.75 Å². The molecule has 1 atom stereocenters. The molecule has 4 heterocycles. The normalized spacial score (nSPS) is 18.6. The lowest BCUT2D eigenvalue weighted by Crippen LogP contribution is -2.43. The van der Waals surface area contributed by atoms with Crippen LogP contribution in [0, 0.1) is 6.92 Å². The molecule has 8 heteroatoms. The van der Waals surface area contributed by atoms with Gasteiger partial charge < -0.3 is 4.90 Å². The van der Waals surface area contributed by atoms with E-state index < -0.39 is 0 Å². The molecule has 2 aliphatic rings. The van der Waals surface area contributed by atoms with E-state index >= 15 is 0 Å². The van der Waals surface area contributed by atoms with E-state index in [1.165, 1.54) is 4.88 Å². The van der Waals surface area contributed by atoms with Crippen LogP contribution in [-0.2, 0) is 15.0 Å². The maximum Gasteiger partial charge on any atom is 0.242 e. The van der Waals surface area contributed by atoms with Crippen molar-refractivity contribution in [1.82, 2.24) is 14.7 Å². The van der Waals surface area contributed by atoms with Crippen molar-refractivity contribution in [3.63, 3.8) is 0 Å². The predicted octanol–water partition coefficient (Wildman–Crippen LogP) is 5.33. The Kier molecular flexibility index (Phi) is 6.53. The molecule has 0 radical (unpaired) electrons. The number of rotatable bonds is 4. The Morgan fingerprint density at radius 2 is 1.83 bits per heavy atom. The molecule has 0 aliphatic carbocycles. The van der Waals surface area contributed by atoms with Crippen molar-refractivity contribution >= 4 is 40.7 Å². The largest absolute Gasteiger partial charge is 0.341 e. The first kappa shape index (κ1) is 24.1. The number of carbonyl (C=O) groups is 2. The summed E-state index contributed by atoms with van der Waals surface area (Å²) in [6, 6.07) is 12.4. The van der Waals surface area contributed by atoms with Crippen LogP contribution in [0.5, 0.6) is 0 Å². The number of benzene rings is 1. The summed E-state index contributed by atoms with van der Waals surface area (Å²) in [5.41, 5.74) is 3.82. The molecule has 0 N–H and O–H groups in total.